The van der Waals surface area contributed by atoms with Crippen molar-refractivity contribution < 1.29 is 34.2 Å². The SMILES string of the molecule is O=S(=O)(Cl)c1ccc(Br)cc1.O=S(=O)(OCC(F)(F)F)c1ccc(Br)cc1. The molecule has 0 saturated heterocycles. The molecule has 2 aromatic rings. The second kappa shape index (κ2) is 9.70. The minimum Gasteiger partial charge on any atom is -0.257 e. The van der Waals surface area contributed by atoms with Crippen molar-refractivity contribution in [2.45, 2.75) is 16.0 Å². The molecule has 2 aromatic carbocycles. The predicted octanol–water partition coefficient (Wildman–Crippen LogP) is 5.09. The molecule has 0 unspecified atom stereocenters. The summed E-state index contributed by atoms with van der Waals surface area (Å²) in [6.45, 7) is -1.83. The average Bonchev–Trinajstić information content (AvgIpc) is 2.53. The fraction of sp³-hybridized carbons (Fsp3) is 0.143. The molecule has 0 heterocycles. The Bertz CT molecular complexity index is 961. The van der Waals surface area contributed by atoms with Gasteiger partial charge in [-0.05, 0) is 48.5 Å². The standard InChI is InChI=1S/C8H6BrF3O3S.C6H4BrClO2S/c9-6-1-3-7(4-2-6)16(13,14)15-5-8(10,11)12;7-5-1-3-6(4-2-5)11(8,9)10/h1-4H,5H2;1-4H. The molecule has 0 bridgehead atoms. The van der Waals surface area contributed by atoms with Crippen LogP contribution in [0.1, 0.15) is 0 Å². The van der Waals surface area contributed by atoms with Crippen molar-refractivity contribution in [2.75, 3.05) is 6.61 Å². The highest BCUT2D eigenvalue weighted by atomic mass is 79.9. The lowest BCUT2D eigenvalue weighted by Crippen LogP contribution is -2.20. The number of halogens is 6. The average molecular weight is 575 g/mol. The van der Waals surface area contributed by atoms with Gasteiger partial charge >= 0.3 is 6.18 Å². The van der Waals surface area contributed by atoms with Gasteiger partial charge in [0.2, 0.25) is 0 Å². The maximum Gasteiger partial charge on any atom is 0.413 e. The third-order valence-electron chi connectivity index (χ3n) is 2.58. The van der Waals surface area contributed by atoms with Crippen molar-refractivity contribution in [3.63, 3.8) is 0 Å². The number of hydrogen-bond donors (Lipinski definition) is 0. The number of hydrogen-bond acceptors (Lipinski definition) is 5. The van der Waals surface area contributed by atoms with Crippen LogP contribution in [0.3, 0.4) is 0 Å². The van der Waals surface area contributed by atoms with Gasteiger partial charge in [0, 0.05) is 19.6 Å². The highest BCUT2D eigenvalue weighted by molar-refractivity contribution is 9.10. The lowest BCUT2D eigenvalue weighted by Gasteiger charge is -2.08. The van der Waals surface area contributed by atoms with Crippen LogP contribution in [0.25, 0.3) is 0 Å². The summed E-state index contributed by atoms with van der Waals surface area (Å²) in [5.74, 6) is 0. The van der Waals surface area contributed by atoms with E-state index in [1.54, 1.807) is 12.1 Å². The van der Waals surface area contributed by atoms with E-state index in [1.807, 2.05) is 0 Å². The monoisotopic (exact) mass is 572 g/mol. The highest BCUT2D eigenvalue weighted by Gasteiger charge is 2.31. The van der Waals surface area contributed by atoms with E-state index in [0.29, 0.717) is 4.47 Å². The minimum atomic E-state index is -4.68. The molecule has 0 N–H and O–H groups in total. The molecule has 0 amide bonds. The zero-order valence-electron chi connectivity index (χ0n) is 13.0. The topological polar surface area (TPSA) is 77.5 Å². The lowest BCUT2D eigenvalue weighted by molar-refractivity contribution is -0.152. The van der Waals surface area contributed by atoms with Gasteiger partial charge in [-0.1, -0.05) is 31.9 Å². The van der Waals surface area contributed by atoms with E-state index in [0.717, 1.165) is 16.6 Å². The highest BCUT2D eigenvalue weighted by Crippen LogP contribution is 2.21. The molecule has 150 valence electrons. The van der Waals surface area contributed by atoms with E-state index in [4.69, 9.17) is 10.7 Å². The molecule has 0 aliphatic carbocycles. The quantitative estimate of drug-likeness (QED) is 0.376. The van der Waals surface area contributed by atoms with Crippen LogP contribution in [0.15, 0.2) is 67.3 Å². The van der Waals surface area contributed by atoms with Crippen LogP contribution >= 0.6 is 42.5 Å². The Morgan fingerprint density at radius 3 is 1.52 bits per heavy atom. The zero-order valence-corrected chi connectivity index (χ0v) is 18.5. The maximum atomic E-state index is 11.8. The Morgan fingerprint density at radius 2 is 1.19 bits per heavy atom. The van der Waals surface area contributed by atoms with Gasteiger partial charge in [0.25, 0.3) is 19.2 Å². The molecule has 0 aliphatic heterocycles. The summed E-state index contributed by atoms with van der Waals surface area (Å²) >= 11 is 6.24. The molecule has 0 radical (unpaired) electrons. The summed E-state index contributed by atoms with van der Waals surface area (Å²) in [6, 6.07) is 11.2. The minimum absolute atomic E-state index is 0.113. The second-order valence-electron chi connectivity index (χ2n) is 4.68. The number of rotatable bonds is 4. The first-order valence-electron chi connectivity index (χ1n) is 6.63. The Kier molecular flexibility index (Phi) is 8.76. The zero-order chi connectivity index (χ0) is 20.9. The van der Waals surface area contributed by atoms with Gasteiger partial charge < -0.3 is 0 Å². The molecule has 13 heteroatoms. The van der Waals surface area contributed by atoms with Gasteiger partial charge in [-0.3, -0.25) is 4.18 Å². The summed E-state index contributed by atoms with van der Waals surface area (Å²) < 4.78 is 84.5. The van der Waals surface area contributed by atoms with Gasteiger partial charge in [0.1, 0.15) is 0 Å². The van der Waals surface area contributed by atoms with E-state index < -0.39 is 32.0 Å². The second-order valence-corrected chi connectivity index (χ2v) is 10.7. The Balaban J connectivity index is 0.000000289. The van der Waals surface area contributed by atoms with Crippen LogP contribution in [-0.4, -0.2) is 29.6 Å². The van der Waals surface area contributed by atoms with Gasteiger partial charge in [-0.15, -0.1) is 0 Å². The van der Waals surface area contributed by atoms with E-state index in [-0.39, 0.29) is 9.79 Å². The van der Waals surface area contributed by atoms with Crippen molar-refractivity contribution in [1.82, 2.24) is 0 Å². The molecule has 0 fully saturated rings. The molecule has 5 nitrogen and oxygen atoms in total. The first kappa shape index (κ1) is 24.4. The van der Waals surface area contributed by atoms with Gasteiger partial charge in [0.15, 0.2) is 6.61 Å². The van der Waals surface area contributed by atoms with E-state index in [2.05, 4.69) is 36.0 Å². The summed E-state index contributed by atoms with van der Waals surface area (Å²) in [7, 11) is -2.85. The fourth-order valence-electron chi connectivity index (χ4n) is 1.41. The van der Waals surface area contributed by atoms with Gasteiger partial charge in [-0.2, -0.15) is 21.6 Å². The Labute approximate surface area is 175 Å². The van der Waals surface area contributed by atoms with Crippen LogP contribution < -0.4 is 0 Å². The molecule has 0 spiro atoms. The summed E-state index contributed by atoms with van der Waals surface area (Å²) in [4.78, 5) is -0.206. The number of benzene rings is 2. The first-order valence-corrected chi connectivity index (χ1v) is 11.9. The van der Waals surface area contributed by atoms with Crippen LogP contribution in [0.2, 0.25) is 0 Å². The Hall–Kier alpha value is -0.660. The van der Waals surface area contributed by atoms with Crippen molar-refractivity contribution in [3.8, 4) is 0 Å². The normalized spacial score (nSPS) is 12.2. The maximum absolute atomic E-state index is 11.8. The largest absolute Gasteiger partial charge is 0.413 e. The number of alkyl halides is 3. The van der Waals surface area contributed by atoms with Crippen LogP contribution in [0, 0.1) is 0 Å². The van der Waals surface area contributed by atoms with E-state index in [9.17, 15) is 30.0 Å². The third-order valence-corrected chi connectivity index (χ3v) is 6.28. The fourth-order valence-corrected chi connectivity index (χ4v) is 3.60. The molecule has 0 atom stereocenters. The van der Waals surface area contributed by atoms with Crippen molar-refractivity contribution in [1.29, 1.82) is 0 Å². The Morgan fingerprint density at radius 1 is 0.815 bits per heavy atom. The molecule has 27 heavy (non-hydrogen) atoms. The predicted molar refractivity (Wildman–Crippen MR) is 101 cm³/mol. The van der Waals surface area contributed by atoms with Crippen LogP contribution in [0.4, 0.5) is 13.2 Å². The molecular weight excluding hydrogens is 565 g/mol. The summed E-state index contributed by atoms with van der Waals surface area (Å²) in [5, 5.41) is 0. The third kappa shape index (κ3) is 9.39. The van der Waals surface area contributed by atoms with Crippen LogP contribution in [0.5, 0.6) is 0 Å². The lowest BCUT2D eigenvalue weighted by atomic mass is 10.4. The summed E-state index contributed by atoms with van der Waals surface area (Å²) in [6.07, 6.45) is -4.68. The molecular formula is C14H10Br2ClF3O5S2. The molecule has 0 saturated carbocycles. The molecule has 0 aromatic heterocycles. The first-order chi connectivity index (χ1) is 12.2. The van der Waals surface area contributed by atoms with E-state index in [1.165, 1.54) is 24.3 Å². The summed E-state index contributed by atoms with van der Waals surface area (Å²) in [5.41, 5.74) is 0. The van der Waals surface area contributed by atoms with Crippen LogP contribution in [-0.2, 0) is 23.4 Å². The van der Waals surface area contributed by atoms with Gasteiger partial charge in [0.05, 0.1) is 9.79 Å². The van der Waals surface area contributed by atoms with Crippen molar-refractivity contribution >= 4 is 61.7 Å². The molecule has 2 rings (SSSR count). The van der Waals surface area contributed by atoms with Crippen molar-refractivity contribution in [3.05, 3.63) is 57.5 Å². The smallest absolute Gasteiger partial charge is 0.257 e. The van der Waals surface area contributed by atoms with Gasteiger partial charge in [-0.25, -0.2) is 8.42 Å². The van der Waals surface area contributed by atoms with Crippen molar-refractivity contribution in [2.24, 2.45) is 0 Å². The van der Waals surface area contributed by atoms with E-state index >= 15 is 0 Å². The molecule has 0 aliphatic rings.